The molecule has 2 N–H and O–H groups in total. The van der Waals surface area contributed by atoms with Gasteiger partial charge in [0.25, 0.3) is 0 Å². The number of ether oxygens (including phenoxy) is 1. The van der Waals surface area contributed by atoms with Gasteiger partial charge in [-0.1, -0.05) is 38.1 Å². The Bertz CT molecular complexity index is 1020. The Morgan fingerprint density at radius 2 is 1.87 bits per heavy atom. The van der Waals surface area contributed by atoms with Gasteiger partial charge in [-0.2, -0.15) is 0 Å². The lowest BCUT2D eigenvalue weighted by molar-refractivity contribution is -0.135. The largest absolute Gasteiger partial charge is 0.497 e. The minimum Gasteiger partial charge on any atom is -0.497 e. The molecule has 2 aromatic carbocycles. The van der Waals surface area contributed by atoms with Gasteiger partial charge in [-0.15, -0.1) is 0 Å². The normalized spacial score (nSPS) is 20.0. The Labute approximate surface area is 176 Å². The zero-order valence-corrected chi connectivity index (χ0v) is 17.4. The van der Waals surface area contributed by atoms with Gasteiger partial charge in [-0.3, -0.25) is 9.59 Å². The molecule has 0 saturated carbocycles. The van der Waals surface area contributed by atoms with Crippen molar-refractivity contribution in [2.24, 2.45) is 5.41 Å². The summed E-state index contributed by atoms with van der Waals surface area (Å²) < 4.78 is 5.28. The molecule has 1 heterocycles. The van der Waals surface area contributed by atoms with E-state index in [4.69, 9.17) is 4.74 Å². The van der Waals surface area contributed by atoms with E-state index in [9.17, 15) is 14.7 Å². The van der Waals surface area contributed by atoms with E-state index >= 15 is 0 Å². The van der Waals surface area contributed by atoms with E-state index in [0.29, 0.717) is 17.7 Å². The molecule has 1 aliphatic carbocycles. The van der Waals surface area contributed by atoms with Gasteiger partial charge in [0.15, 0.2) is 5.78 Å². The minimum absolute atomic E-state index is 0.0535. The van der Waals surface area contributed by atoms with E-state index in [1.54, 1.807) is 7.11 Å². The van der Waals surface area contributed by atoms with E-state index in [2.05, 4.69) is 19.2 Å². The molecule has 6 nitrogen and oxygen atoms in total. The molecule has 1 atom stereocenters. The van der Waals surface area contributed by atoms with Crippen molar-refractivity contribution >= 4 is 23.1 Å². The van der Waals surface area contributed by atoms with Gasteiger partial charge in [0, 0.05) is 17.7 Å². The fourth-order valence-corrected chi connectivity index (χ4v) is 4.51. The summed E-state index contributed by atoms with van der Waals surface area (Å²) in [7, 11) is 1.60. The van der Waals surface area contributed by atoms with Gasteiger partial charge in [0.05, 0.1) is 24.5 Å². The molecule has 0 bridgehead atoms. The highest BCUT2D eigenvalue weighted by Gasteiger charge is 2.41. The molecule has 0 fully saturated rings. The molecular weight excluding hydrogens is 380 g/mol. The number of nitrogens with zero attached hydrogens (tertiary/aromatic N) is 1. The first kappa shape index (κ1) is 20.0. The van der Waals surface area contributed by atoms with Crippen LogP contribution in [-0.2, 0) is 9.59 Å². The number of para-hydroxylation sites is 2. The smallest absolute Gasteiger partial charge is 0.323 e. The summed E-state index contributed by atoms with van der Waals surface area (Å²) in [5, 5.41) is 13.2. The van der Waals surface area contributed by atoms with E-state index in [1.807, 2.05) is 53.4 Å². The van der Waals surface area contributed by atoms with Crippen LogP contribution in [0, 0.1) is 5.41 Å². The van der Waals surface area contributed by atoms with Crippen molar-refractivity contribution < 1.29 is 19.4 Å². The number of Topliss-reactive ketones (excluding diaryl/α,β-unsaturated/α-hetero) is 1. The topological polar surface area (TPSA) is 78.9 Å². The molecule has 6 heteroatoms. The summed E-state index contributed by atoms with van der Waals surface area (Å²) in [5.74, 6) is -0.185. The molecule has 2 aliphatic rings. The third kappa shape index (κ3) is 3.65. The number of carbonyl (C=O) groups is 2. The van der Waals surface area contributed by atoms with Gasteiger partial charge < -0.3 is 20.1 Å². The van der Waals surface area contributed by atoms with E-state index < -0.39 is 12.0 Å². The maximum Gasteiger partial charge on any atom is 0.323 e. The Kier molecular flexibility index (Phi) is 5.02. The summed E-state index contributed by atoms with van der Waals surface area (Å²) in [6.07, 6.45) is 1.15. The number of fused-ring (bicyclic) bond motifs is 1. The number of aliphatic carboxylic acids is 1. The second-order valence-electron chi connectivity index (χ2n) is 8.67. The van der Waals surface area contributed by atoms with Gasteiger partial charge in [0.2, 0.25) is 0 Å². The van der Waals surface area contributed by atoms with E-state index in [0.717, 1.165) is 29.1 Å². The quantitative estimate of drug-likeness (QED) is 0.784. The number of carbonyl (C=O) groups excluding carboxylic acids is 1. The molecule has 2 aromatic rings. The van der Waals surface area contributed by atoms with Crippen LogP contribution in [0.1, 0.15) is 38.3 Å². The molecule has 0 saturated heterocycles. The second kappa shape index (κ2) is 7.52. The molecule has 0 amide bonds. The lowest BCUT2D eigenvalue weighted by Crippen LogP contribution is -2.38. The first-order valence-electron chi connectivity index (χ1n) is 10.0. The van der Waals surface area contributed by atoms with Crippen LogP contribution < -0.4 is 15.0 Å². The van der Waals surface area contributed by atoms with Crippen LogP contribution in [0.25, 0.3) is 0 Å². The van der Waals surface area contributed by atoms with Crippen molar-refractivity contribution in [3.63, 3.8) is 0 Å². The number of carboxylic acids is 1. The molecule has 0 aromatic heterocycles. The van der Waals surface area contributed by atoms with E-state index in [-0.39, 0.29) is 17.7 Å². The predicted molar refractivity (Wildman–Crippen MR) is 116 cm³/mol. The monoisotopic (exact) mass is 406 g/mol. The molecule has 4 rings (SSSR count). The lowest BCUT2D eigenvalue weighted by Gasteiger charge is -2.37. The maximum absolute atomic E-state index is 13.4. The van der Waals surface area contributed by atoms with Crippen LogP contribution in [0.4, 0.5) is 11.4 Å². The first-order valence-corrected chi connectivity index (χ1v) is 10.0. The van der Waals surface area contributed by atoms with Crippen LogP contribution >= 0.6 is 0 Å². The second-order valence-corrected chi connectivity index (χ2v) is 8.67. The molecule has 30 heavy (non-hydrogen) atoms. The molecule has 0 unspecified atom stereocenters. The molecule has 0 spiro atoms. The van der Waals surface area contributed by atoms with Gasteiger partial charge in [-0.05, 0) is 41.7 Å². The van der Waals surface area contributed by atoms with Gasteiger partial charge in [-0.25, -0.2) is 0 Å². The number of anilines is 2. The van der Waals surface area contributed by atoms with Crippen LogP contribution in [0.3, 0.4) is 0 Å². The number of carboxylic acid groups (broad SMARTS) is 1. The molecular formula is C24H26N2O4. The van der Waals surface area contributed by atoms with Crippen molar-refractivity contribution in [1.82, 2.24) is 0 Å². The number of rotatable bonds is 4. The van der Waals surface area contributed by atoms with Crippen LogP contribution in [0.15, 0.2) is 59.8 Å². The SMILES string of the molecule is COc1ccc([C@@H]2C3=C(CC(C)(C)CC3=O)Nc3ccccc3N2CC(=O)O)cc1. The summed E-state index contributed by atoms with van der Waals surface area (Å²) >= 11 is 0. The highest BCUT2D eigenvalue weighted by atomic mass is 16.5. The fraction of sp³-hybridized carbons (Fsp3) is 0.333. The number of ketones is 1. The zero-order chi connectivity index (χ0) is 21.5. The number of methoxy groups -OCH3 is 1. The highest BCUT2D eigenvalue weighted by molar-refractivity contribution is 6.01. The molecule has 156 valence electrons. The summed E-state index contributed by atoms with van der Waals surface area (Å²) in [5.41, 5.74) is 3.79. The van der Waals surface area contributed by atoms with Gasteiger partial charge >= 0.3 is 5.97 Å². The Hall–Kier alpha value is -3.28. The number of hydrogen-bond donors (Lipinski definition) is 2. The van der Waals surface area contributed by atoms with Crippen LogP contribution in [0.5, 0.6) is 5.75 Å². The standard InChI is InChI=1S/C24H26N2O4/c1-24(2)12-18-22(20(27)13-24)23(15-8-10-16(30-3)11-9-15)26(14-21(28)29)19-7-5-4-6-17(19)25-18/h4-11,23,25H,12-14H2,1-3H3,(H,28,29)/t23-/m1/s1. The Morgan fingerprint density at radius 1 is 1.17 bits per heavy atom. The van der Waals surface area contributed by atoms with Crippen molar-refractivity contribution in [2.45, 2.75) is 32.7 Å². The van der Waals surface area contributed by atoms with Crippen molar-refractivity contribution in [2.75, 3.05) is 23.9 Å². The Morgan fingerprint density at radius 3 is 2.53 bits per heavy atom. The number of benzene rings is 2. The average molecular weight is 406 g/mol. The molecule has 1 aliphatic heterocycles. The summed E-state index contributed by atoms with van der Waals surface area (Å²) in [4.78, 5) is 27.0. The first-order chi connectivity index (χ1) is 14.3. The van der Waals surface area contributed by atoms with Gasteiger partial charge in [0.1, 0.15) is 12.3 Å². The summed E-state index contributed by atoms with van der Waals surface area (Å²) in [6.45, 7) is 3.96. The third-order valence-electron chi connectivity index (χ3n) is 5.74. The zero-order valence-electron chi connectivity index (χ0n) is 17.4. The third-order valence-corrected chi connectivity index (χ3v) is 5.74. The summed E-state index contributed by atoms with van der Waals surface area (Å²) in [6, 6.07) is 14.6. The van der Waals surface area contributed by atoms with E-state index in [1.165, 1.54) is 0 Å². The fourth-order valence-electron chi connectivity index (χ4n) is 4.51. The van der Waals surface area contributed by atoms with Crippen LogP contribution in [-0.4, -0.2) is 30.5 Å². The Balaban J connectivity index is 1.96. The lowest BCUT2D eigenvalue weighted by atomic mass is 9.73. The van der Waals surface area contributed by atoms with Crippen LogP contribution in [0.2, 0.25) is 0 Å². The number of allylic oxidation sites excluding steroid dienone is 1. The highest BCUT2D eigenvalue weighted by Crippen LogP contribution is 2.48. The number of hydrogen-bond acceptors (Lipinski definition) is 5. The van der Waals surface area contributed by atoms with Crippen molar-refractivity contribution in [1.29, 1.82) is 0 Å². The predicted octanol–water partition coefficient (Wildman–Crippen LogP) is 4.40. The van der Waals surface area contributed by atoms with Crippen molar-refractivity contribution in [3.05, 3.63) is 65.4 Å². The average Bonchev–Trinajstić information content (AvgIpc) is 2.81. The minimum atomic E-state index is -0.948. The van der Waals surface area contributed by atoms with Crippen molar-refractivity contribution in [3.8, 4) is 5.75 Å². The number of nitrogens with one attached hydrogen (secondary N) is 1. The molecule has 0 radical (unpaired) electrons. The maximum atomic E-state index is 13.4.